The van der Waals surface area contributed by atoms with Crippen molar-refractivity contribution < 1.29 is 24.2 Å². The predicted molar refractivity (Wildman–Crippen MR) is 170 cm³/mol. The Bertz CT molecular complexity index is 1640. The second-order valence-electron chi connectivity index (χ2n) is 11.2. The number of amides is 4. The largest absolute Gasteiger partial charge is 0.488 e. The van der Waals surface area contributed by atoms with Gasteiger partial charge in [0.25, 0.3) is 5.91 Å². The van der Waals surface area contributed by atoms with Crippen molar-refractivity contribution in [3.63, 3.8) is 0 Å². The average molecular weight is 596 g/mol. The molecule has 0 saturated heterocycles. The minimum Gasteiger partial charge on any atom is -0.488 e. The molecule has 0 spiro atoms. The lowest BCUT2D eigenvalue weighted by Crippen LogP contribution is -2.48. The molecule has 0 radical (unpaired) electrons. The first-order valence-electron chi connectivity index (χ1n) is 14.6. The Morgan fingerprint density at radius 3 is 2.59 bits per heavy atom. The third-order valence-electron chi connectivity index (χ3n) is 7.95. The first-order chi connectivity index (χ1) is 21.2. The fraction of sp³-hybridized carbons (Fsp3) is 0.294. The summed E-state index contributed by atoms with van der Waals surface area (Å²) < 4.78 is 6.54. The van der Waals surface area contributed by atoms with E-state index in [-0.39, 0.29) is 43.3 Å². The fourth-order valence-corrected chi connectivity index (χ4v) is 5.33. The lowest BCUT2D eigenvalue weighted by atomic mass is 10.0. The van der Waals surface area contributed by atoms with Crippen molar-refractivity contribution in [2.75, 3.05) is 37.4 Å². The molecule has 10 heteroatoms. The molecule has 2 heterocycles. The normalized spacial score (nSPS) is 17.4. The zero-order valence-corrected chi connectivity index (χ0v) is 25.1. The Kier molecular flexibility index (Phi) is 9.40. The Balaban J connectivity index is 1.39. The predicted octanol–water partition coefficient (Wildman–Crippen LogP) is 4.80. The van der Waals surface area contributed by atoms with Gasteiger partial charge in [0.1, 0.15) is 11.9 Å². The van der Waals surface area contributed by atoms with E-state index in [2.05, 4.69) is 15.6 Å². The average Bonchev–Trinajstić information content (AvgIpc) is 3.08. The minimum absolute atomic E-state index is 0.0233. The van der Waals surface area contributed by atoms with E-state index in [0.717, 1.165) is 10.8 Å². The molecule has 4 amide bonds. The number of fused-ring (bicyclic) bond motifs is 2. The molecule has 3 aromatic carbocycles. The minimum atomic E-state index is -0.478. The number of aromatic nitrogens is 1. The van der Waals surface area contributed by atoms with E-state index >= 15 is 0 Å². The maximum atomic E-state index is 13.5. The van der Waals surface area contributed by atoms with E-state index in [0.29, 0.717) is 34.8 Å². The smallest absolute Gasteiger partial charge is 0.321 e. The second-order valence-corrected chi connectivity index (χ2v) is 11.2. The molecule has 1 aliphatic rings. The van der Waals surface area contributed by atoms with Gasteiger partial charge in [0.15, 0.2) is 0 Å². The zero-order valence-electron chi connectivity index (χ0n) is 25.1. The molecule has 228 valence electrons. The van der Waals surface area contributed by atoms with Gasteiger partial charge >= 0.3 is 6.03 Å². The van der Waals surface area contributed by atoms with Crippen LogP contribution in [0, 0.1) is 5.92 Å². The van der Waals surface area contributed by atoms with Crippen molar-refractivity contribution in [3.05, 3.63) is 96.3 Å². The third-order valence-corrected chi connectivity index (χ3v) is 7.95. The number of rotatable bonds is 7. The van der Waals surface area contributed by atoms with Crippen LogP contribution in [0.15, 0.2) is 85.2 Å². The first kappa shape index (κ1) is 30.5. The van der Waals surface area contributed by atoms with Gasteiger partial charge in [0.05, 0.1) is 31.3 Å². The maximum Gasteiger partial charge on any atom is 0.321 e. The van der Waals surface area contributed by atoms with Gasteiger partial charge in [0, 0.05) is 54.1 Å². The number of pyridine rings is 1. The molecule has 3 N–H and O–H groups in total. The van der Waals surface area contributed by atoms with Gasteiger partial charge in [-0.2, -0.15) is 0 Å². The number of hydrogen-bond acceptors (Lipinski definition) is 6. The molecule has 1 aromatic heterocycles. The molecule has 5 rings (SSSR count). The van der Waals surface area contributed by atoms with E-state index in [4.69, 9.17) is 4.74 Å². The van der Waals surface area contributed by atoms with Crippen LogP contribution in [0.4, 0.5) is 16.2 Å². The Morgan fingerprint density at radius 1 is 1.07 bits per heavy atom. The summed E-state index contributed by atoms with van der Waals surface area (Å²) in [7, 11) is 1.71. The number of ether oxygens (including phenoxy) is 1. The summed E-state index contributed by atoms with van der Waals surface area (Å²) in [5.74, 6) is -0.150. The number of nitrogens with zero attached hydrogens (tertiary/aromatic N) is 3. The number of anilines is 2. The maximum absolute atomic E-state index is 13.5. The molecule has 0 bridgehead atoms. The number of carbonyl (C=O) groups excluding carboxylic acids is 3. The van der Waals surface area contributed by atoms with Gasteiger partial charge in [-0.05, 0) is 48.7 Å². The summed E-state index contributed by atoms with van der Waals surface area (Å²) in [5.41, 5.74) is 2.28. The zero-order chi connectivity index (χ0) is 31.2. The molecule has 1 aliphatic heterocycles. The van der Waals surface area contributed by atoms with Crippen molar-refractivity contribution in [1.29, 1.82) is 0 Å². The van der Waals surface area contributed by atoms with E-state index in [1.807, 2.05) is 49.4 Å². The molecule has 10 nitrogen and oxygen atoms in total. The Morgan fingerprint density at radius 2 is 1.82 bits per heavy atom. The van der Waals surface area contributed by atoms with Crippen LogP contribution in [0.25, 0.3) is 10.8 Å². The molecule has 0 unspecified atom stereocenters. The highest BCUT2D eigenvalue weighted by Gasteiger charge is 2.32. The summed E-state index contributed by atoms with van der Waals surface area (Å²) in [6.07, 6.45) is 2.63. The molecular weight excluding hydrogens is 558 g/mol. The number of aliphatic hydroxyl groups is 1. The summed E-state index contributed by atoms with van der Waals surface area (Å²) in [6, 6.07) is 21.4. The van der Waals surface area contributed by atoms with Crippen molar-refractivity contribution in [2.45, 2.75) is 32.4 Å². The number of aliphatic hydroxyl groups excluding tert-OH is 1. The number of likely N-dealkylation sites (N-methyl/N-ethyl adjacent to an activating group) is 1. The van der Waals surface area contributed by atoms with Crippen LogP contribution in [0.2, 0.25) is 0 Å². The van der Waals surface area contributed by atoms with Gasteiger partial charge in [-0.1, -0.05) is 43.3 Å². The summed E-state index contributed by atoms with van der Waals surface area (Å²) in [6.45, 7) is 4.16. The highest BCUT2D eigenvalue weighted by molar-refractivity contribution is 6.04. The topological polar surface area (TPSA) is 124 Å². The molecule has 0 fully saturated rings. The van der Waals surface area contributed by atoms with E-state index < -0.39 is 12.1 Å². The van der Waals surface area contributed by atoms with Crippen LogP contribution in [-0.4, -0.2) is 76.6 Å². The number of nitrogens with one attached hydrogen (secondary N) is 2. The molecule has 0 aliphatic carbocycles. The van der Waals surface area contributed by atoms with Crippen molar-refractivity contribution in [1.82, 2.24) is 14.8 Å². The van der Waals surface area contributed by atoms with Gasteiger partial charge in [-0.3, -0.25) is 14.6 Å². The van der Waals surface area contributed by atoms with E-state index in [1.54, 1.807) is 66.5 Å². The van der Waals surface area contributed by atoms with Gasteiger partial charge in [-0.25, -0.2) is 4.79 Å². The van der Waals surface area contributed by atoms with Gasteiger partial charge in [-0.15, -0.1) is 0 Å². The first-order valence-corrected chi connectivity index (χ1v) is 14.6. The SMILES string of the molecule is C[C@H](CO)N1C[C@H](C)[C@@H](CN(C)C(=O)Nc2cccc3ccccc23)Oc2ccc(NC(=O)c3ccncc3)cc2CC1=O. The quantitative estimate of drug-likeness (QED) is 0.282. The highest BCUT2D eigenvalue weighted by Crippen LogP contribution is 2.30. The van der Waals surface area contributed by atoms with Gasteiger partial charge < -0.3 is 30.3 Å². The Labute approximate surface area is 256 Å². The summed E-state index contributed by atoms with van der Waals surface area (Å²) in [4.78, 5) is 46.8. The number of carbonyl (C=O) groups is 3. The van der Waals surface area contributed by atoms with Crippen LogP contribution in [0.3, 0.4) is 0 Å². The van der Waals surface area contributed by atoms with Crippen molar-refractivity contribution in [3.8, 4) is 5.75 Å². The van der Waals surface area contributed by atoms with Gasteiger partial charge in [0.2, 0.25) is 5.91 Å². The second kappa shape index (κ2) is 13.6. The van der Waals surface area contributed by atoms with E-state index in [9.17, 15) is 19.5 Å². The standard InChI is InChI=1S/C34H37N5O5/c1-22-19-39(23(2)21-40)32(41)18-26-17-27(36-33(42)25-13-15-35-16-14-25)11-12-30(26)44-31(22)20-38(3)34(43)37-29-10-6-8-24-7-4-5-9-28(24)29/h4-17,22-23,31,40H,18-21H2,1-3H3,(H,36,42)(H,37,43)/t22-,23+,31+/m0/s1. The van der Waals surface area contributed by atoms with Crippen LogP contribution in [0.1, 0.15) is 29.8 Å². The third kappa shape index (κ3) is 6.98. The van der Waals surface area contributed by atoms with Crippen LogP contribution in [0.5, 0.6) is 5.75 Å². The van der Waals surface area contributed by atoms with Crippen molar-refractivity contribution in [2.24, 2.45) is 5.92 Å². The van der Waals surface area contributed by atoms with Crippen LogP contribution in [-0.2, 0) is 11.2 Å². The molecule has 3 atom stereocenters. The highest BCUT2D eigenvalue weighted by atomic mass is 16.5. The van der Waals surface area contributed by atoms with Crippen LogP contribution < -0.4 is 15.4 Å². The molecule has 4 aromatic rings. The van der Waals surface area contributed by atoms with Crippen LogP contribution >= 0.6 is 0 Å². The molecule has 44 heavy (non-hydrogen) atoms. The molecular formula is C34H37N5O5. The fourth-order valence-electron chi connectivity index (χ4n) is 5.33. The monoisotopic (exact) mass is 595 g/mol. The lowest BCUT2D eigenvalue weighted by molar-refractivity contribution is -0.134. The number of hydrogen-bond donors (Lipinski definition) is 3. The number of urea groups is 1. The van der Waals surface area contributed by atoms with E-state index in [1.165, 1.54) is 0 Å². The lowest BCUT2D eigenvalue weighted by Gasteiger charge is -2.34. The molecule has 0 saturated carbocycles. The summed E-state index contributed by atoms with van der Waals surface area (Å²) >= 11 is 0. The van der Waals surface area contributed by atoms with Crippen molar-refractivity contribution >= 4 is 40.0 Å². The summed E-state index contributed by atoms with van der Waals surface area (Å²) in [5, 5.41) is 17.8. The number of benzene rings is 3. The Hall–Kier alpha value is -4.96.